The fraction of sp³-hybridized carbons (Fsp3) is 0.231. The number of pyridine rings is 1. The minimum atomic E-state index is -0.259. The molecule has 2 aromatic heterocycles. The molecule has 0 saturated heterocycles. The molecule has 1 unspecified atom stereocenters. The summed E-state index contributed by atoms with van der Waals surface area (Å²) in [5.41, 5.74) is 3.43. The van der Waals surface area contributed by atoms with Gasteiger partial charge in [-0.1, -0.05) is 0 Å². The summed E-state index contributed by atoms with van der Waals surface area (Å²) in [5.74, 6) is 6.50. The van der Waals surface area contributed by atoms with Gasteiger partial charge < -0.3 is 15.2 Å². The Labute approximate surface area is 111 Å². The maximum absolute atomic E-state index is 12.0. The number of hydrogen-bond donors (Lipinski definition) is 3. The van der Waals surface area contributed by atoms with Gasteiger partial charge in [-0.05, 0) is 38.1 Å². The molecule has 0 aliphatic heterocycles. The molecule has 0 fully saturated rings. The summed E-state index contributed by atoms with van der Waals surface area (Å²) in [7, 11) is 0. The van der Waals surface area contributed by atoms with Crippen molar-refractivity contribution in [2.75, 3.05) is 5.43 Å². The number of nitrogens with two attached hydrogens (primary N) is 1. The number of aryl methyl sites for hydroxylation is 1. The first-order chi connectivity index (χ1) is 9.10. The number of nitrogens with zero attached hydrogens (tertiary/aromatic N) is 1. The minimum absolute atomic E-state index is 0.213. The molecule has 2 rings (SSSR count). The smallest absolute Gasteiger partial charge is 0.270 e. The van der Waals surface area contributed by atoms with Crippen LogP contribution in [0.2, 0.25) is 0 Å². The highest BCUT2D eigenvalue weighted by Crippen LogP contribution is 2.16. The van der Waals surface area contributed by atoms with E-state index in [9.17, 15) is 4.79 Å². The maximum Gasteiger partial charge on any atom is 0.270 e. The van der Waals surface area contributed by atoms with Crippen molar-refractivity contribution in [1.82, 2.24) is 10.3 Å². The normalized spacial score (nSPS) is 11.9. The van der Waals surface area contributed by atoms with Gasteiger partial charge in [-0.25, -0.2) is 4.98 Å². The summed E-state index contributed by atoms with van der Waals surface area (Å²) < 4.78 is 5.46. The van der Waals surface area contributed by atoms with Gasteiger partial charge in [0.25, 0.3) is 5.91 Å². The SMILES string of the molecule is Cc1ccc(C(C)NC(=O)c2ccc(NN)cn2)o1. The lowest BCUT2D eigenvalue weighted by Crippen LogP contribution is -2.27. The predicted molar refractivity (Wildman–Crippen MR) is 71.4 cm³/mol. The number of carbonyl (C=O) groups is 1. The third kappa shape index (κ3) is 3.11. The highest BCUT2D eigenvalue weighted by atomic mass is 16.3. The lowest BCUT2D eigenvalue weighted by molar-refractivity contribution is 0.0930. The standard InChI is InChI=1S/C13H16N4O2/c1-8-3-6-12(19-8)9(2)16-13(18)11-5-4-10(17-14)7-15-11/h3-7,9,17H,14H2,1-2H3,(H,16,18). The van der Waals surface area contributed by atoms with Crippen LogP contribution in [0.5, 0.6) is 0 Å². The van der Waals surface area contributed by atoms with Crippen LogP contribution in [0.3, 0.4) is 0 Å². The monoisotopic (exact) mass is 260 g/mol. The van der Waals surface area contributed by atoms with Gasteiger partial charge in [0.15, 0.2) is 0 Å². The average Bonchev–Trinajstić information content (AvgIpc) is 2.85. The first-order valence-electron chi connectivity index (χ1n) is 5.90. The van der Waals surface area contributed by atoms with Gasteiger partial charge in [0.2, 0.25) is 0 Å². The highest BCUT2D eigenvalue weighted by Gasteiger charge is 2.14. The van der Waals surface area contributed by atoms with Crippen LogP contribution in [0, 0.1) is 6.92 Å². The number of aromatic nitrogens is 1. The second-order valence-electron chi connectivity index (χ2n) is 4.22. The first-order valence-corrected chi connectivity index (χ1v) is 5.90. The van der Waals surface area contributed by atoms with E-state index in [1.54, 1.807) is 12.1 Å². The van der Waals surface area contributed by atoms with Gasteiger partial charge in [-0.3, -0.25) is 10.6 Å². The molecule has 0 aliphatic rings. The molecule has 2 aromatic rings. The van der Waals surface area contributed by atoms with E-state index >= 15 is 0 Å². The third-order valence-electron chi connectivity index (χ3n) is 2.70. The highest BCUT2D eigenvalue weighted by molar-refractivity contribution is 5.92. The Morgan fingerprint density at radius 3 is 2.68 bits per heavy atom. The molecule has 6 heteroatoms. The molecule has 1 amide bonds. The van der Waals surface area contributed by atoms with Crippen LogP contribution < -0.4 is 16.6 Å². The zero-order chi connectivity index (χ0) is 13.8. The number of rotatable bonds is 4. The molecule has 2 heterocycles. The maximum atomic E-state index is 12.0. The second kappa shape index (κ2) is 5.53. The van der Waals surface area contributed by atoms with E-state index in [2.05, 4.69) is 15.7 Å². The van der Waals surface area contributed by atoms with Crippen molar-refractivity contribution in [2.45, 2.75) is 19.9 Å². The summed E-state index contributed by atoms with van der Waals surface area (Å²) in [6, 6.07) is 6.77. The van der Waals surface area contributed by atoms with Gasteiger partial charge in [-0.15, -0.1) is 0 Å². The van der Waals surface area contributed by atoms with Crippen LogP contribution in [-0.4, -0.2) is 10.9 Å². The summed E-state index contributed by atoms with van der Waals surface area (Å²) >= 11 is 0. The van der Waals surface area contributed by atoms with Crippen LogP contribution in [0.1, 0.15) is 35.0 Å². The van der Waals surface area contributed by atoms with E-state index in [1.807, 2.05) is 26.0 Å². The molecule has 0 bridgehead atoms. The minimum Gasteiger partial charge on any atom is -0.464 e. The fourth-order valence-electron chi connectivity index (χ4n) is 1.64. The number of hydrogen-bond acceptors (Lipinski definition) is 5. The largest absolute Gasteiger partial charge is 0.464 e. The molecule has 100 valence electrons. The van der Waals surface area contributed by atoms with E-state index in [-0.39, 0.29) is 11.9 Å². The number of carbonyl (C=O) groups excluding carboxylic acids is 1. The lowest BCUT2D eigenvalue weighted by Gasteiger charge is -2.11. The van der Waals surface area contributed by atoms with Gasteiger partial charge in [-0.2, -0.15) is 0 Å². The van der Waals surface area contributed by atoms with Crippen molar-refractivity contribution in [3.05, 3.63) is 47.7 Å². The molecule has 19 heavy (non-hydrogen) atoms. The number of nitrogen functional groups attached to an aromatic ring is 1. The number of nitrogens with one attached hydrogen (secondary N) is 2. The van der Waals surface area contributed by atoms with E-state index in [4.69, 9.17) is 10.3 Å². The molecule has 1 atom stereocenters. The molecule has 4 N–H and O–H groups in total. The molecule has 0 aromatic carbocycles. The van der Waals surface area contributed by atoms with Gasteiger partial charge in [0.1, 0.15) is 17.2 Å². The Balaban J connectivity index is 2.03. The number of anilines is 1. The van der Waals surface area contributed by atoms with Crippen molar-refractivity contribution >= 4 is 11.6 Å². The van der Waals surface area contributed by atoms with E-state index in [0.717, 1.165) is 5.76 Å². The van der Waals surface area contributed by atoms with Crippen LogP contribution in [0.25, 0.3) is 0 Å². The molecular formula is C13H16N4O2. The summed E-state index contributed by atoms with van der Waals surface area (Å²) in [4.78, 5) is 16.0. The first kappa shape index (κ1) is 13.1. The topological polar surface area (TPSA) is 93.2 Å². The number of hydrazine groups is 1. The van der Waals surface area contributed by atoms with Gasteiger partial charge in [0, 0.05) is 0 Å². The zero-order valence-corrected chi connectivity index (χ0v) is 10.8. The molecule has 0 aliphatic carbocycles. The Morgan fingerprint density at radius 1 is 1.37 bits per heavy atom. The average molecular weight is 260 g/mol. The molecule has 0 radical (unpaired) electrons. The molecular weight excluding hydrogens is 244 g/mol. The Morgan fingerprint density at radius 2 is 2.16 bits per heavy atom. The molecule has 0 saturated carbocycles. The second-order valence-corrected chi connectivity index (χ2v) is 4.22. The number of amides is 1. The van der Waals surface area contributed by atoms with Crippen molar-refractivity contribution in [1.29, 1.82) is 0 Å². The van der Waals surface area contributed by atoms with Crippen molar-refractivity contribution < 1.29 is 9.21 Å². The Kier molecular flexibility index (Phi) is 3.82. The van der Waals surface area contributed by atoms with E-state index < -0.39 is 0 Å². The van der Waals surface area contributed by atoms with Crippen LogP contribution in [0.15, 0.2) is 34.9 Å². The fourth-order valence-corrected chi connectivity index (χ4v) is 1.64. The van der Waals surface area contributed by atoms with Crippen LogP contribution in [0.4, 0.5) is 5.69 Å². The summed E-state index contributed by atoms with van der Waals surface area (Å²) in [5, 5.41) is 2.82. The quantitative estimate of drug-likeness (QED) is 0.575. The third-order valence-corrected chi connectivity index (χ3v) is 2.70. The van der Waals surface area contributed by atoms with Crippen molar-refractivity contribution in [3.63, 3.8) is 0 Å². The summed E-state index contributed by atoms with van der Waals surface area (Å²) in [6.45, 7) is 3.71. The number of furan rings is 1. The van der Waals surface area contributed by atoms with Gasteiger partial charge in [0.05, 0.1) is 17.9 Å². The Bertz CT molecular complexity index is 562. The zero-order valence-electron chi connectivity index (χ0n) is 10.8. The van der Waals surface area contributed by atoms with Crippen molar-refractivity contribution in [3.8, 4) is 0 Å². The van der Waals surface area contributed by atoms with Crippen LogP contribution in [-0.2, 0) is 0 Å². The summed E-state index contributed by atoms with van der Waals surface area (Å²) in [6.07, 6.45) is 1.50. The van der Waals surface area contributed by atoms with Crippen LogP contribution >= 0.6 is 0 Å². The van der Waals surface area contributed by atoms with Gasteiger partial charge >= 0.3 is 0 Å². The Hall–Kier alpha value is -2.34. The van der Waals surface area contributed by atoms with E-state index in [1.165, 1.54) is 6.20 Å². The molecule has 6 nitrogen and oxygen atoms in total. The van der Waals surface area contributed by atoms with Crippen molar-refractivity contribution in [2.24, 2.45) is 5.84 Å². The molecule has 0 spiro atoms. The predicted octanol–water partition coefficient (Wildman–Crippen LogP) is 1.76. The van der Waals surface area contributed by atoms with E-state index in [0.29, 0.717) is 17.1 Å². The lowest BCUT2D eigenvalue weighted by atomic mass is 10.2.